The van der Waals surface area contributed by atoms with Crippen LogP contribution in [0.1, 0.15) is 43.0 Å². The van der Waals surface area contributed by atoms with Gasteiger partial charge in [-0.05, 0) is 49.7 Å². The fourth-order valence-electron chi connectivity index (χ4n) is 3.48. The molecule has 0 saturated carbocycles. The highest BCUT2D eigenvalue weighted by molar-refractivity contribution is 7.87. The van der Waals surface area contributed by atoms with Crippen LogP contribution >= 0.6 is 0 Å². The lowest BCUT2D eigenvalue weighted by atomic mass is 9.89. The summed E-state index contributed by atoms with van der Waals surface area (Å²) in [7, 11) is -4.21. The number of ketones is 1. The van der Waals surface area contributed by atoms with E-state index in [2.05, 4.69) is 24.1 Å². The van der Waals surface area contributed by atoms with Crippen LogP contribution in [0.2, 0.25) is 0 Å². The number of phenols is 1. The first-order chi connectivity index (χ1) is 14.4. The summed E-state index contributed by atoms with van der Waals surface area (Å²) in [6.45, 7) is 3.80. The Kier molecular flexibility index (Phi) is 7.15. The number of aromatic hydroxyl groups is 1. The number of para-hydroxylation sites is 1. The second-order valence-corrected chi connectivity index (χ2v) is 8.90. The minimum absolute atomic E-state index is 0.00223. The smallest absolute Gasteiger partial charge is 0.342 e. The molecule has 1 aliphatic rings. The largest absolute Gasteiger partial charge is 0.506 e. The Balaban J connectivity index is 1.67. The molecule has 0 spiro atoms. The highest BCUT2D eigenvalue weighted by Gasteiger charge is 2.26. The Morgan fingerprint density at radius 3 is 2.60 bits per heavy atom. The molecule has 6 nitrogen and oxygen atoms in total. The van der Waals surface area contributed by atoms with Crippen molar-refractivity contribution in [2.45, 2.75) is 37.5 Å². The van der Waals surface area contributed by atoms with Crippen LogP contribution in [0, 0.1) is 5.92 Å². The van der Waals surface area contributed by atoms with Gasteiger partial charge in [0.05, 0.1) is 0 Å². The lowest BCUT2D eigenvalue weighted by molar-refractivity contribution is 0.0865. The Labute approximate surface area is 177 Å². The molecule has 0 amide bonds. The number of hydrogen-bond acceptors (Lipinski definition) is 6. The summed E-state index contributed by atoms with van der Waals surface area (Å²) in [6, 6.07) is 11.8. The molecule has 0 bridgehead atoms. The van der Waals surface area contributed by atoms with E-state index >= 15 is 0 Å². The minimum atomic E-state index is -4.21. The third kappa shape index (κ3) is 5.42. The highest BCUT2D eigenvalue weighted by Crippen LogP contribution is 2.28. The molecule has 2 aromatic rings. The molecule has 0 atom stereocenters. The Morgan fingerprint density at radius 2 is 1.90 bits per heavy atom. The molecular weight excluding hydrogens is 402 g/mol. The third-order valence-corrected chi connectivity index (χ3v) is 6.43. The van der Waals surface area contributed by atoms with Crippen LogP contribution in [0.15, 0.2) is 65.7 Å². The van der Waals surface area contributed by atoms with Crippen molar-refractivity contribution < 1.29 is 22.5 Å². The van der Waals surface area contributed by atoms with Gasteiger partial charge in [0, 0.05) is 24.6 Å². The maximum atomic E-state index is 12.9. The molecule has 160 valence electrons. The molecule has 0 unspecified atom stereocenters. The van der Waals surface area contributed by atoms with Crippen LogP contribution in [0.25, 0.3) is 0 Å². The molecule has 7 heteroatoms. The second-order valence-electron chi connectivity index (χ2n) is 7.38. The van der Waals surface area contributed by atoms with Gasteiger partial charge in [-0.25, -0.2) is 0 Å². The zero-order valence-corrected chi connectivity index (χ0v) is 17.8. The number of carbonyl (C=O) groups is 1. The number of likely N-dealkylation sites (tertiary alicyclic amines) is 1. The van der Waals surface area contributed by atoms with Crippen molar-refractivity contribution in [3.63, 3.8) is 0 Å². The number of carbonyl (C=O) groups excluding carboxylic acids is 1. The molecule has 2 aromatic carbocycles. The van der Waals surface area contributed by atoms with E-state index in [1.165, 1.54) is 36.4 Å². The van der Waals surface area contributed by atoms with Gasteiger partial charge in [0.25, 0.3) is 0 Å². The molecule has 0 aromatic heterocycles. The number of allylic oxidation sites excluding steroid dienone is 1. The first kappa shape index (κ1) is 21.9. The number of hydrogen-bond donors (Lipinski definition) is 1. The van der Waals surface area contributed by atoms with Gasteiger partial charge in [0.15, 0.2) is 5.78 Å². The number of unbranched alkanes of at least 4 members (excludes halogenated alkanes) is 1. The van der Waals surface area contributed by atoms with Gasteiger partial charge >= 0.3 is 10.1 Å². The number of piperidine rings is 1. The van der Waals surface area contributed by atoms with Gasteiger partial charge in [-0.3, -0.25) is 4.79 Å². The van der Waals surface area contributed by atoms with Crippen LogP contribution < -0.4 is 4.18 Å². The van der Waals surface area contributed by atoms with E-state index in [4.69, 9.17) is 4.18 Å². The van der Waals surface area contributed by atoms with Gasteiger partial charge in [-0.2, -0.15) is 8.42 Å². The molecule has 0 aliphatic carbocycles. The van der Waals surface area contributed by atoms with Crippen LogP contribution in [0.5, 0.6) is 11.5 Å². The normalized spacial score (nSPS) is 15.4. The van der Waals surface area contributed by atoms with Crippen LogP contribution in [0.3, 0.4) is 0 Å². The van der Waals surface area contributed by atoms with E-state index < -0.39 is 10.1 Å². The van der Waals surface area contributed by atoms with Crippen molar-refractivity contribution in [3.05, 3.63) is 66.4 Å². The molecule has 1 N–H and O–H groups in total. The van der Waals surface area contributed by atoms with Gasteiger partial charge in [-0.15, -0.1) is 0 Å². The van der Waals surface area contributed by atoms with Gasteiger partial charge in [-0.1, -0.05) is 43.7 Å². The van der Waals surface area contributed by atoms with Gasteiger partial charge in [0.2, 0.25) is 0 Å². The maximum Gasteiger partial charge on any atom is 0.342 e. The molecule has 1 saturated heterocycles. The summed E-state index contributed by atoms with van der Waals surface area (Å²) < 4.78 is 30.1. The zero-order chi connectivity index (χ0) is 21.6. The van der Waals surface area contributed by atoms with E-state index in [9.17, 15) is 18.3 Å². The summed E-state index contributed by atoms with van der Waals surface area (Å²) in [5.41, 5.74) is 0.431. The van der Waals surface area contributed by atoms with E-state index in [0.29, 0.717) is 5.56 Å². The van der Waals surface area contributed by atoms with Crippen molar-refractivity contribution in [2.75, 3.05) is 13.1 Å². The molecule has 3 rings (SSSR count). The number of phenolic OH excluding ortho intramolecular Hbond substituents is 1. The zero-order valence-electron chi connectivity index (χ0n) is 17.0. The predicted octanol–water partition coefficient (Wildman–Crippen LogP) is 4.37. The Bertz CT molecular complexity index is 1010. The summed E-state index contributed by atoms with van der Waals surface area (Å²) in [4.78, 5) is 14.8. The topological polar surface area (TPSA) is 83.9 Å². The van der Waals surface area contributed by atoms with Gasteiger partial charge < -0.3 is 14.2 Å². The van der Waals surface area contributed by atoms with Crippen molar-refractivity contribution in [2.24, 2.45) is 5.92 Å². The SMILES string of the molecule is CCCC=CN1CCC(C(=O)c2cccc(OS(=O)(=O)c3ccccc3O)c2)CC1. The van der Waals surface area contributed by atoms with Crippen LogP contribution in [-0.2, 0) is 10.1 Å². The first-order valence-corrected chi connectivity index (χ1v) is 11.6. The average Bonchev–Trinajstić information content (AvgIpc) is 2.74. The highest BCUT2D eigenvalue weighted by atomic mass is 32.2. The maximum absolute atomic E-state index is 12.9. The third-order valence-electron chi connectivity index (χ3n) is 5.13. The molecule has 1 heterocycles. The molecule has 1 aliphatic heterocycles. The summed E-state index contributed by atoms with van der Waals surface area (Å²) in [5.74, 6) is -0.433. The van der Waals surface area contributed by atoms with Crippen molar-refractivity contribution in [1.82, 2.24) is 4.90 Å². The summed E-state index contributed by atoms with van der Waals surface area (Å²) >= 11 is 0. The Hall–Kier alpha value is -2.80. The molecular formula is C23H27NO5S. The number of nitrogens with zero attached hydrogens (tertiary/aromatic N) is 1. The van der Waals surface area contributed by atoms with Gasteiger partial charge in [0.1, 0.15) is 16.4 Å². The first-order valence-electron chi connectivity index (χ1n) is 10.2. The van der Waals surface area contributed by atoms with Crippen molar-refractivity contribution >= 4 is 15.9 Å². The Morgan fingerprint density at radius 1 is 1.17 bits per heavy atom. The lowest BCUT2D eigenvalue weighted by Gasteiger charge is -2.30. The lowest BCUT2D eigenvalue weighted by Crippen LogP contribution is -2.33. The van der Waals surface area contributed by atoms with Crippen LogP contribution in [-0.4, -0.2) is 37.3 Å². The fourth-order valence-corrected chi connectivity index (χ4v) is 4.49. The van der Waals surface area contributed by atoms with E-state index in [1.807, 2.05) is 0 Å². The molecule has 30 heavy (non-hydrogen) atoms. The predicted molar refractivity (Wildman–Crippen MR) is 115 cm³/mol. The average molecular weight is 430 g/mol. The second kappa shape index (κ2) is 9.80. The van der Waals surface area contributed by atoms with Crippen molar-refractivity contribution in [3.8, 4) is 11.5 Å². The number of benzene rings is 2. The van der Waals surface area contributed by atoms with E-state index in [0.717, 1.165) is 38.8 Å². The monoisotopic (exact) mass is 429 g/mol. The van der Waals surface area contributed by atoms with Crippen molar-refractivity contribution in [1.29, 1.82) is 0 Å². The van der Waals surface area contributed by atoms with E-state index in [-0.39, 0.29) is 28.1 Å². The summed E-state index contributed by atoms with van der Waals surface area (Å²) in [6.07, 6.45) is 7.96. The fraction of sp³-hybridized carbons (Fsp3) is 0.348. The molecule has 1 fully saturated rings. The van der Waals surface area contributed by atoms with E-state index in [1.54, 1.807) is 12.1 Å². The standard InChI is InChI=1S/C23H27NO5S/c1-2-3-6-14-24-15-12-18(13-16-24)23(26)19-8-7-9-20(17-19)29-30(27,28)22-11-5-4-10-21(22)25/h4-11,14,17-18,25H,2-3,12-13,15-16H2,1H3. The summed E-state index contributed by atoms with van der Waals surface area (Å²) in [5, 5.41) is 9.80. The number of rotatable bonds is 8. The molecule has 0 radical (unpaired) electrons. The minimum Gasteiger partial charge on any atom is -0.506 e. The van der Waals surface area contributed by atoms with Crippen LogP contribution in [0.4, 0.5) is 0 Å². The number of Topliss-reactive ketones (excluding diaryl/α,β-unsaturated/α-hetero) is 1. The quantitative estimate of drug-likeness (QED) is 0.496.